The quantitative estimate of drug-likeness (QED) is 0.846. The van der Waals surface area contributed by atoms with Gasteiger partial charge in [-0.2, -0.15) is 0 Å². The lowest BCUT2D eigenvalue weighted by Gasteiger charge is -2.35. The maximum Gasteiger partial charge on any atom is 0.124 e. The lowest BCUT2D eigenvalue weighted by Crippen LogP contribution is -2.45. The van der Waals surface area contributed by atoms with Crippen molar-refractivity contribution in [2.45, 2.75) is 50.7 Å². The van der Waals surface area contributed by atoms with Crippen LogP contribution in [0.3, 0.4) is 0 Å². The van der Waals surface area contributed by atoms with E-state index in [4.69, 9.17) is 9.47 Å². The summed E-state index contributed by atoms with van der Waals surface area (Å²) in [5.41, 5.74) is 0.912. The van der Waals surface area contributed by atoms with E-state index in [0.717, 1.165) is 11.3 Å². The third kappa shape index (κ3) is 4.11. The molecule has 0 aromatic heterocycles. The number of methoxy groups -OCH3 is 2. The van der Waals surface area contributed by atoms with Crippen LogP contribution in [0.15, 0.2) is 18.2 Å². The summed E-state index contributed by atoms with van der Waals surface area (Å²) < 4.78 is 10.6. The van der Waals surface area contributed by atoms with Crippen LogP contribution in [0.1, 0.15) is 50.7 Å². The van der Waals surface area contributed by atoms with Crippen molar-refractivity contribution in [2.24, 2.45) is 0 Å². The number of aliphatic hydroxyl groups excluding tert-OH is 1. The highest BCUT2D eigenvalue weighted by Gasteiger charge is 2.27. The Morgan fingerprint density at radius 1 is 1.19 bits per heavy atom. The van der Waals surface area contributed by atoms with Crippen LogP contribution >= 0.6 is 0 Å². The Bertz CT molecular complexity index is 455. The molecule has 2 rings (SSSR count). The molecule has 1 aromatic rings. The van der Waals surface area contributed by atoms with Crippen molar-refractivity contribution in [2.75, 3.05) is 20.8 Å². The molecular weight excluding hydrogens is 266 g/mol. The van der Waals surface area contributed by atoms with Gasteiger partial charge in [-0.05, 0) is 38.0 Å². The normalized spacial score (nSPS) is 19.0. The molecule has 4 heteroatoms. The molecule has 1 saturated carbocycles. The topological polar surface area (TPSA) is 50.7 Å². The van der Waals surface area contributed by atoms with Crippen molar-refractivity contribution in [1.29, 1.82) is 0 Å². The van der Waals surface area contributed by atoms with Crippen molar-refractivity contribution < 1.29 is 14.6 Å². The second kappa shape index (κ2) is 7.14. The van der Waals surface area contributed by atoms with Crippen molar-refractivity contribution >= 4 is 0 Å². The van der Waals surface area contributed by atoms with E-state index in [9.17, 15) is 5.11 Å². The third-order valence-electron chi connectivity index (χ3n) is 4.48. The second-order valence-electron chi connectivity index (χ2n) is 6.13. The zero-order valence-electron chi connectivity index (χ0n) is 13.3. The van der Waals surface area contributed by atoms with E-state index >= 15 is 0 Å². The first kappa shape index (κ1) is 16.1. The average molecular weight is 293 g/mol. The number of benzene rings is 1. The number of β-amino-alcohol motifs (C(OH)–C–C–N with tert-alkyl or cyclic N) is 1. The fourth-order valence-electron chi connectivity index (χ4n) is 3.06. The molecule has 0 spiro atoms. The minimum absolute atomic E-state index is 0.144. The van der Waals surface area contributed by atoms with E-state index < -0.39 is 6.10 Å². The summed E-state index contributed by atoms with van der Waals surface area (Å²) in [7, 11) is 3.24. The molecule has 21 heavy (non-hydrogen) atoms. The highest BCUT2D eigenvalue weighted by Crippen LogP contribution is 2.31. The zero-order chi connectivity index (χ0) is 15.3. The Labute approximate surface area is 127 Å². The van der Waals surface area contributed by atoms with Gasteiger partial charge >= 0.3 is 0 Å². The van der Waals surface area contributed by atoms with Crippen molar-refractivity contribution in [1.82, 2.24) is 5.32 Å². The van der Waals surface area contributed by atoms with Crippen molar-refractivity contribution in [3.63, 3.8) is 0 Å². The smallest absolute Gasteiger partial charge is 0.124 e. The van der Waals surface area contributed by atoms with Crippen LogP contribution < -0.4 is 14.8 Å². The predicted molar refractivity (Wildman–Crippen MR) is 84.0 cm³/mol. The largest absolute Gasteiger partial charge is 0.497 e. The van der Waals surface area contributed by atoms with E-state index in [2.05, 4.69) is 12.2 Å². The van der Waals surface area contributed by atoms with Crippen molar-refractivity contribution in [3.05, 3.63) is 23.8 Å². The summed E-state index contributed by atoms with van der Waals surface area (Å²) in [5, 5.41) is 14.0. The first-order valence-corrected chi connectivity index (χ1v) is 7.73. The van der Waals surface area contributed by atoms with Gasteiger partial charge in [-0.1, -0.05) is 19.3 Å². The van der Waals surface area contributed by atoms with Crippen LogP contribution in [0.25, 0.3) is 0 Å². The molecule has 4 nitrogen and oxygen atoms in total. The van der Waals surface area contributed by atoms with Gasteiger partial charge in [-0.15, -0.1) is 0 Å². The van der Waals surface area contributed by atoms with Gasteiger partial charge in [0.25, 0.3) is 0 Å². The Balaban J connectivity index is 2.03. The molecule has 0 saturated heterocycles. The number of ether oxygens (including phenoxy) is 2. The highest BCUT2D eigenvalue weighted by molar-refractivity contribution is 5.41. The molecule has 0 radical (unpaired) electrons. The van der Waals surface area contributed by atoms with Crippen molar-refractivity contribution in [3.8, 4) is 11.5 Å². The summed E-state index contributed by atoms with van der Waals surface area (Å²) in [6.45, 7) is 2.78. The number of nitrogens with one attached hydrogen (secondary N) is 1. The Morgan fingerprint density at radius 3 is 2.52 bits per heavy atom. The Kier molecular flexibility index (Phi) is 5.48. The average Bonchev–Trinajstić information content (AvgIpc) is 2.52. The third-order valence-corrected chi connectivity index (χ3v) is 4.48. The van der Waals surface area contributed by atoms with Crippen LogP contribution in [0.2, 0.25) is 0 Å². The van der Waals surface area contributed by atoms with Gasteiger partial charge in [-0.3, -0.25) is 0 Å². The minimum atomic E-state index is -0.603. The molecule has 118 valence electrons. The molecule has 1 aliphatic rings. The summed E-state index contributed by atoms with van der Waals surface area (Å²) >= 11 is 0. The molecule has 1 unspecified atom stereocenters. The number of hydrogen-bond donors (Lipinski definition) is 2. The van der Waals surface area contributed by atoms with Gasteiger partial charge in [0, 0.05) is 17.6 Å². The van der Waals surface area contributed by atoms with Gasteiger partial charge in [0.15, 0.2) is 0 Å². The molecule has 1 aromatic carbocycles. The first-order chi connectivity index (χ1) is 10.1. The molecule has 1 aliphatic carbocycles. The van der Waals surface area contributed by atoms with Crippen LogP contribution in [0.5, 0.6) is 11.5 Å². The number of aliphatic hydroxyl groups is 1. The van der Waals surface area contributed by atoms with Crippen LogP contribution in [-0.2, 0) is 0 Å². The molecule has 1 atom stereocenters. The van der Waals surface area contributed by atoms with E-state index in [1.165, 1.54) is 32.1 Å². The van der Waals surface area contributed by atoms with Crippen LogP contribution in [0, 0.1) is 0 Å². The zero-order valence-corrected chi connectivity index (χ0v) is 13.3. The maximum absolute atomic E-state index is 10.5. The fraction of sp³-hybridized carbons (Fsp3) is 0.647. The highest BCUT2D eigenvalue weighted by atomic mass is 16.5. The first-order valence-electron chi connectivity index (χ1n) is 7.73. The molecule has 2 N–H and O–H groups in total. The minimum Gasteiger partial charge on any atom is -0.497 e. The van der Waals surface area contributed by atoms with E-state index in [0.29, 0.717) is 12.3 Å². The van der Waals surface area contributed by atoms with E-state index in [-0.39, 0.29) is 5.54 Å². The van der Waals surface area contributed by atoms with Gasteiger partial charge < -0.3 is 19.9 Å². The molecule has 0 bridgehead atoms. The summed E-state index contributed by atoms with van der Waals surface area (Å²) in [6, 6.07) is 5.51. The Hall–Kier alpha value is -1.26. The molecule has 0 heterocycles. The second-order valence-corrected chi connectivity index (χ2v) is 6.13. The summed E-state index contributed by atoms with van der Waals surface area (Å²) in [4.78, 5) is 0. The number of rotatable bonds is 6. The standard InChI is InChI=1S/C17H27NO3/c1-17(9-5-4-6-10-17)18-12-15(19)14-11-13(20-2)7-8-16(14)21-3/h7-8,11,15,18-19H,4-6,9-10,12H2,1-3H3. The monoisotopic (exact) mass is 293 g/mol. The maximum atomic E-state index is 10.5. The SMILES string of the molecule is COc1ccc(OC)c(C(O)CNC2(C)CCCCC2)c1. The van der Waals surface area contributed by atoms with Crippen LogP contribution in [0.4, 0.5) is 0 Å². The summed E-state index contributed by atoms with van der Waals surface area (Å²) in [5.74, 6) is 1.42. The predicted octanol–water partition coefficient (Wildman–Crippen LogP) is 3.05. The molecular formula is C17H27NO3. The lowest BCUT2D eigenvalue weighted by molar-refractivity contribution is 0.143. The van der Waals surface area contributed by atoms with Gasteiger partial charge in [0.1, 0.15) is 11.5 Å². The van der Waals surface area contributed by atoms with E-state index in [1.807, 2.05) is 18.2 Å². The molecule has 0 amide bonds. The van der Waals surface area contributed by atoms with E-state index in [1.54, 1.807) is 14.2 Å². The Morgan fingerprint density at radius 2 is 1.90 bits per heavy atom. The molecule has 0 aliphatic heterocycles. The van der Waals surface area contributed by atoms with Crippen LogP contribution in [-0.4, -0.2) is 31.4 Å². The number of hydrogen-bond acceptors (Lipinski definition) is 4. The lowest BCUT2D eigenvalue weighted by atomic mass is 9.83. The molecule has 1 fully saturated rings. The van der Waals surface area contributed by atoms with Gasteiger partial charge in [-0.25, -0.2) is 0 Å². The van der Waals surface area contributed by atoms with Gasteiger partial charge in [0.05, 0.1) is 20.3 Å². The summed E-state index contributed by atoms with van der Waals surface area (Å²) in [6.07, 6.45) is 5.60. The van der Waals surface area contributed by atoms with Gasteiger partial charge in [0.2, 0.25) is 0 Å². The fourth-order valence-corrected chi connectivity index (χ4v) is 3.06.